The highest BCUT2D eigenvalue weighted by molar-refractivity contribution is 6.00. The van der Waals surface area contributed by atoms with Crippen molar-refractivity contribution < 1.29 is 4.79 Å². The van der Waals surface area contributed by atoms with Gasteiger partial charge in [0.05, 0.1) is 0 Å². The van der Waals surface area contributed by atoms with Crippen LogP contribution in [0.1, 0.15) is 34.1 Å². The number of Topliss-reactive ketones (excluding diaryl/α,β-unsaturated/α-hetero) is 1. The number of allylic oxidation sites excluding steroid dienone is 2. The predicted octanol–water partition coefficient (Wildman–Crippen LogP) is 2.57. The van der Waals surface area contributed by atoms with Crippen molar-refractivity contribution >= 4 is 5.78 Å². The molecule has 11 heavy (non-hydrogen) atoms. The summed E-state index contributed by atoms with van der Waals surface area (Å²) in [4.78, 5) is 11.4. The fourth-order valence-corrected chi connectivity index (χ4v) is 1.96. The van der Waals surface area contributed by atoms with E-state index >= 15 is 0 Å². The second-order valence-electron chi connectivity index (χ2n) is 3.45. The molecule has 0 saturated carbocycles. The van der Waals surface area contributed by atoms with E-state index in [2.05, 4.69) is 13.8 Å². The first-order valence-corrected chi connectivity index (χ1v) is 4.33. The molecule has 0 heterocycles. The monoisotopic (exact) mass is 152 g/mol. The summed E-state index contributed by atoms with van der Waals surface area (Å²) in [5.41, 5.74) is 2.38. The second-order valence-corrected chi connectivity index (χ2v) is 3.45. The third-order valence-electron chi connectivity index (χ3n) is 2.95. The van der Waals surface area contributed by atoms with E-state index in [4.69, 9.17) is 0 Å². The summed E-state index contributed by atoms with van der Waals surface area (Å²) in [5, 5.41) is 0. The highest BCUT2D eigenvalue weighted by atomic mass is 16.1. The van der Waals surface area contributed by atoms with Crippen molar-refractivity contribution in [2.24, 2.45) is 11.8 Å². The minimum absolute atomic E-state index is 0.227. The molecule has 1 heteroatoms. The van der Waals surface area contributed by atoms with Crippen LogP contribution in [0.4, 0.5) is 0 Å². The Bertz CT molecular complexity index is 213. The summed E-state index contributed by atoms with van der Waals surface area (Å²) in [6.45, 7) is 8.26. The van der Waals surface area contributed by atoms with Gasteiger partial charge in [0.2, 0.25) is 0 Å². The number of hydrogen-bond acceptors (Lipinski definition) is 1. The summed E-state index contributed by atoms with van der Waals surface area (Å²) in [5.74, 6) is 1.06. The summed E-state index contributed by atoms with van der Waals surface area (Å²) in [7, 11) is 0. The Kier molecular flexibility index (Phi) is 2.17. The standard InChI is InChI=1S/C10H16O/c1-5-9-6(2)7(3)10(11)8(9)4/h6-7H,5H2,1-4H3. The summed E-state index contributed by atoms with van der Waals surface area (Å²) in [6, 6.07) is 0. The predicted molar refractivity (Wildman–Crippen MR) is 46.3 cm³/mol. The van der Waals surface area contributed by atoms with Crippen molar-refractivity contribution in [1.29, 1.82) is 0 Å². The van der Waals surface area contributed by atoms with Crippen LogP contribution >= 0.6 is 0 Å². The molecule has 1 rings (SSSR count). The zero-order chi connectivity index (χ0) is 8.59. The van der Waals surface area contributed by atoms with Crippen LogP contribution < -0.4 is 0 Å². The Morgan fingerprint density at radius 2 is 1.82 bits per heavy atom. The molecular formula is C10H16O. The van der Waals surface area contributed by atoms with Gasteiger partial charge in [-0.05, 0) is 24.8 Å². The maximum absolute atomic E-state index is 11.4. The van der Waals surface area contributed by atoms with Gasteiger partial charge in [-0.15, -0.1) is 0 Å². The van der Waals surface area contributed by atoms with Gasteiger partial charge in [-0.3, -0.25) is 4.79 Å². The largest absolute Gasteiger partial charge is 0.294 e. The van der Waals surface area contributed by atoms with Crippen molar-refractivity contribution in [2.45, 2.75) is 34.1 Å². The molecule has 1 aliphatic carbocycles. The number of carbonyl (C=O) groups excluding carboxylic acids is 1. The average molecular weight is 152 g/mol. The maximum Gasteiger partial charge on any atom is 0.161 e. The minimum atomic E-state index is 0.227. The number of ketones is 1. The van der Waals surface area contributed by atoms with Crippen LogP contribution in [0, 0.1) is 11.8 Å². The van der Waals surface area contributed by atoms with E-state index in [-0.39, 0.29) is 5.92 Å². The molecule has 0 fully saturated rings. The first-order chi connectivity index (χ1) is 5.09. The van der Waals surface area contributed by atoms with Crippen molar-refractivity contribution in [3.05, 3.63) is 11.1 Å². The molecule has 0 bridgehead atoms. The van der Waals surface area contributed by atoms with Gasteiger partial charge in [-0.1, -0.05) is 26.3 Å². The van der Waals surface area contributed by atoms with Crippen LogP contribution in [0.5, 0.6) is 0 Å². The van der Waals surface area contributed by atoms with Gasteiger partial charge < -0.3 is 0 Å². The van der Waals surface area contributed by atoms with Gasteiger partial charge in [-0.25, -0.2) is 0 Å². The summed E-state index contributed by atoms with van der Waals surface area (Å²) < 4.78 is 0. The van der Waals surface area contributed by atoms with Crippen molar-refractivity contribution in [3.8, 4) is 0 Å². The molecule has 0 aliphatic heterocycles. The molecule has 0 spiro atoms. The molecule has 0 aromatic carbocycles. The van der Waals surface area contributed by atoms with E-state index in [0.717, 1.165) is 12.0 Å². The Morgan fingerprint density at radius 1 is 1.27 bits per heavy atom. The van der Waals surface area contributed by atoms with Crippen molar-refractivity contribution in [3.63, 3.8) is 0 Å². The normalized spacial score (nSPS) is 31.8. The van der Waals surface area contributed by atoms with Crippen LogP contribution in [0.2, 0.25) is 0 Å². The summed E-state index contributed by atoms with van der Waals surface area (Å²) >= 11 is 0. The van der Waals surface area contributed by atoms with Crippen molar-refractivity contribution in [2.75, 3.05) is 0 Å². The van der Waals surface area contributed by atoms with E-state index in [1.807, 2.05) is 13.8 Å². The lowest BCUT2D eigenvalue weighted by atomic mass is 9.93. The van der Waals surface area contributed by atoms with Crippen LogP contribution in [0.25, 0.3) is 0 Å². The van der Waals surface area contributed by atoms with Gasteiger partial charge in [0, 0.05) is 5.92 Å². The van der Waals surface area contributed by atoms with E-state index in [0.29, 0.717) is 11.7 Å². The lowest BCUT2D eigenvalue weighted by Gasteiger charge is -2.10. The molecule has 2 atom stereocenters. The third-order valence-corrected chi connectivity index (χ3v) is 2.95. The fourth-order valence-electron chi connectivity index (χ4n) is 1.96. The minimum Gasteiger partial charge on any atom is -0.294 e. The number of carbonyl (C=O) groups is 1. The van der Waals surface area contributed by atoms with Crippen LogP contribution in [-0.4, -0.2) is 5.78 Å². The molecule has 2 unspecified atom stereocenters. The molecular weight excluding hydrogens is 136 g/mol. The van der Waals surface area contributed by atoms with Crippen LogP contribution in [0.15, 0.2) is 11.1 Å². The smallest absolute Gasteiger partial charge is 0.161 e. The topological polar surface area (TPSA) is 17.1 Å². The van der Waals surface area contributed by atoms with Gasteiger partial charge in [0.25, 0.3) is 0 Å². The number of hydrogen-bond donors (Lipinski definition) is 0. The highest BCUT2D eigenvalue weighted by Gasteiger charge is 2.32. The van der Waals surface area contributed by atoms with E-state index < -0.39 is 0 Å². The van der Waals surface area contributed by atoms with Gasteiger partial charge in [0.15, 0.2) is 5.78 Å². The van der Waals surface area contributed by atoms with E-state index in [1.54, 1.807) is 0 Å². The molecule has 1 aliphatic rings. The quantitative estimate of drug-likeness (QED) is 0.564. The van der Waals surface area contributed by atoms with Crippen LogP contribution in [-0.2, 0) is 4.79 Å². The molecule has 0 amide bonds. The third kappa shape index (κ3) is 1.13. The van der Waals surface area contributed by atoms with Gasteiger partial charge in [0.1, 0.15) is 0 Å². The zero-order valence-electron chi connectivity index (χ0n) is 7.77. The molecule has 0 aromatic heterocycles. The van der Waals surface area contributed by atoms with E-state index in [1.165, 1.54) is 5.57 Å². The lowest BCUT2D eigenvalue weighted by Crippen LogP contribution is -2.10. The fraction of sp³-hybridized carbons (Fsp3) is 0.700. The SMILES string of the molecule is CCC1=C(C)C(=O)C(C)C1C. The molecule has 0 radical (unpaired) electrons. The van der Waals surface area contributed by atoms with E-state index in [9.17, 15) is 4.79 Å². The molecule has 62 valence electrons. The molecule has 0 aromatic rings. The lowest BCUT2D eigenvalue weighted by molar-refractivity contribution is -0.118. The van der Waals surface area contributed by atoms with Gasteiger partial charge >= 0.3 is 0 Å². The Labute approximate surface area is 68.5 Å². The maximum atomic E-state index is 11.4. The Morgan fingerprint density at radius 3 is 2.00 bits per heavy atom. The zero-order valence-corrected chi connectivity index (χ0v) is 7.77. The number of rotatable bonds is 1. The van der Waals surface area contributed by atoms with Crippen molar-refractivity contribution in [1.82, 2.24) is 0 Å². The Hall–Kier alpha value is -0.590. The van der Waals surface area contributed by atoms with Crippen LogP contribution in [0.3, 0.4) is 0 Å². The molecule has 0 N–H and O–H groups in total. The average Bonchev–Trinajstić information content (AvgIpc) is 2.17. The first kappa shape index (κ1) is 8.51. The summed E-state index contributed by atoms with van der Waals surface area (Å²) in [6.07, 6.45) is 1.03. The highest BCUT2D eigenvalue weighted by Crippen LogP contribution is 2.35. The Balaban J connectivity index is 2.98. The molecule has 1 nitrogen and oxygen atoms in total. The second kappa shape index (κ2) is 2.80. The van der Waals surface area contributed by atoms with Gasteiger partial charge in [-0.2, -0.15) is 0 Å². The molecule has 0 saturated heterocycles. The first-order valence-electron chi connectivity index (χ1n) is 4.33.